The maximum atomic E-state index is 13.0. The van der Waals surface area contributed by atoms with Gasteiger partial charge in [-0.05, 0) is 36.4 Å². The summed E-state index contributed by atoms with van der Waals surface area (Å²) in [5.41, 5.74) is 6.24. The Bertz CT molecular complexity index is 1430. The molecule has 2 aromatic heterocycles. The van der Waals surface area contributed by atoms with Gasteiger partial charge < -0.3 is 10.2 Å². The number of nitriles is 2. The van der Waals surface area contributed by atoms with Crippen LogP contribution in [0, 0.1) is 22.7 Å². The van der Waals surface area contributed by atoms with Crippen LogP contribution in [0.3, 0.4) is 0 Å². The van der Waals surface area contributed by atoms with Crippen molar-refractivity contribution in [2.75, 3.05) is 5.73 Å². The molecule has 0 atom stereocenters. The number of allylic oxidation sites excluding steroid dienone is 1. The third kappa shape index (κ3) is 4.21. The summed E-state index contributed by atoms with van der Waals surface area (Å²) in [5, 5.41) is 23.6. The van der Waals surface area contributed by atoms with Crippen LogP contribution in [-0.4, -0.2) is 9.78 Å². The van der Waals surface area contributed by atoms with E-state index in [4.69, 9.17) is 10.2 Å². The maximum Gasteiger partial charge on any atom is 0.416 e. The summed E-state index contributed by atoms with van der Waals surface area (Å²) in [4.78, 5) is 0. The number of nitrogens with two attached hydrogens (primary N) is 1. The lowest BCUT2D eigenvalue weighted by atomic mass is 10.1. The molecule has 0 saturated carbocycles. The van der Waals surface area contributed by atoms with Crippen LogP contribution < -0.4 is 5.73 Å². The highest BCUT2D eigenvalue weighted by Gasteiger charge is 2.30. The Labute approximate surface area is 186 Å². The Balaban J connectivity index is 1.73. The second-order valence-corrected chi connectivity index (χ2v) is 6.92. The number of nitrogen functional groups attached to an aromatic ring is 1. The van der Waals surface area contributed by atoms with Crippen molar-refractivity contribution < 1.29 is 17.6 Å². The van der Waals surface area contributed by atoms with E-state index in [9.17, 15) is 23.7 Å². The van der Waals surface area contributed by atoms with Gasteiger partial charge in [0.15, 0.2) is 0 Å². The second-order valence-electron chi connectivity index (χ2n) is 6.92. The number of benzene rings is 2. The molecule has 0 unspecified atom stereocenters. The molecular weight excluding hydrogens is 431 g/mol. The quantitative estimate of drug-likeness (QED) is 0.408. The number of nitrogens with zero attached hydrogens (tertiary/aromatic N) is 4. The summed E-state index contributed by atoms with van der Waals surface area (Å²) in [6.07, 6.45) is -3.13. The van der Waals surface area contributed by atoms with Crippen molar-refractivity contribution in [2.24, 2.45) is 0 Å². The SMILES string of the molecule is N#CC(=Cc1ccc(-c2cccc(C(F)(F)F)c2)o1)c1nn(-c2ccccc2)c(N)c1C#N. The third-order valence-electron chi connectivity index (χ3n) is 4.80. The summed E-state index contributed by atoms with van der Waals surface area (Å²) in [6.45, 7) is 0. The van der Waals surface area contributed by atoms with Crippen molar-refractivity contribution in [1.82, 2.24) is 9.78 Å². The number of alkyl halides is 3. The molecule has 33 heavy (non-hydrogen) atoms. The van der Waals surface area contributed by atoms with Crippen molar-refractivity contribution in [1.29, 1.82) is 10.5 Å². The Morgan fingerprint density at radius 2 is 1.79 bits per heavy atom. The number of halogens is 3. The summed E-state index contributed by atoms with van der Waals surface area (Å²) in [6, 6.07) is 20.6. The first-order valence-electron chi connectivity index (χ1n) is 9.55. The van der Waals surface area contributed by atoms with Gasteiger partial charge in [-0.3, -0.25) is 0 Å². The molecule has 0 radical (unpaired) electrons. The fraction of sp³-hybridized carbons (Fsp3) is 0.0417. The van der Waals surface area contributed by atoms with Gasteiger partial charge >= 0.3 is 6.18 Å². The number of hydrogen-bond donors (Lipinski definition) is 1. The highest BCUT2D eigenvalue weighted by molar-refractivity contribution is 5.90. The molecule has 0 saturated heterocycles. The highest BCUT2D eigenvalue weighted by Crippen LogP contribution is 2.33. The normalized spacial score (nSPS) is 11.7. The highest BCUT2D eigenvalue weighted by atomic mass is 19.4. The largest absolute Gasteiger partial charge is 0.457 e. The summed E-state index contributed by atoms with van der Waals surface area (Å²) in [7, 11) is 0. The van der Waals surface area contributed by atoms with Gasteiger partial charge in [0.1, 0.15) is 40.7 Å². The van der Waals surface area contributed by atoms with Crippen LogP contribution in [0.4, 0.5) is 19.0 Å². The molecular formula is C24H14F3N5O. The Hall–Kier alpha value is -4.76. The van der Waals surface area contributed by atoms with E-state index in [1.165, 1.54) is 35.0 Å². The van der Waals surface area contributed by atoms with Crippen LogP contribution in [0.15, 0.2) is 71.1 Å². The number of aromatic nitrogens is 2. The number of rotatable bonds is 4. The summed E-state index contributed by atoms with van der Waals surface area (Å²) >= 11 is 0. The second kappa shape index (κ2) is 8.40. The molecule has 0 bridgehead atoms. The molecule has 0 spiro atoms. The fourth-order valence-electron chi connectivity index (χ4n) is 3.23. The minimum absolute atomic E-state index is 0.0119. The zero-order valence-corrected chi connectivity index (χ0v) is 16.8. The minimum atomic E-state index is -4.48. The average Bonchev–Trinajstić information content (AvgIpc) is 3.41. The molecule has 4 rings (SSSR count). The minimum Gasteiger partial charge on any atom is -0.457 e. The van der Waals surface area contributed by atoms with E-state index in [0.29, 0.717) is 5.69 Å². The Morgan fingerprint density at radius 1 is 1.03 bits per heavy atom. The molecule has 2 heterocycles. The first-order valence-corrected chi connectivity index (χ1v) is 9.55. The van der Waals surface area contributed by atoms with Crippen molar-refractivity contribution in [3.8, 4) is 29.1 Å². The van der Waals surface area contributed by atoms with E-state index in [-0.39, 0.29) is 39.7 Å². The Kier molecular flexibility index (Phi) is 5.47. The topological polar surface area (TPSA) is 105 Å². The fourth-order valence-corrected chi connectivity index (χ4v) is 3.23. The zero-order chi connectivity index (χ0) is 23.6. The van der Waals surface area contributed by atoms with Gasteiger partial charge in [-0.1, -0.05) is 30.3 Å². The molecule has 0 fully saturated rings. The zero-order valence-electron chi connectivity index (χ0n) is 16.8. The predicted molar refractivity (Wildman–Crippen MR) is 115 cm³/mol. The Morgan fingerprint density at radius 3 is 2.45 bits per heavy atom. The average molecular weight is 445 g/mol. The van der Waals surface area contributed by atoms with Crippen molar-refractivity contribution in [3.63, 3.8) is 0 Å². The molecule has 0 aliphatic carbocycles. The number of hydrogen-bond acceptors (Lipinski definition) is 5. The molecule has 6 nitrogen and oxygen atoms in total. The first kappa shape index (κ1) is 21.5. The van der Waals surface area contributed by atoms with Gasteiger partial charge in [-0.2, -0.15) is 28.8 Å². The van der Waals surface area contributed by atoms with Gasteiger partial charge in [0.25, 0.3) is 0 Å². The van der Waals surface area contributed by atoms with Crippen molar-refractivity contribution >= 4 is 17.5 Å². The van der Waals surface area contributed by atoms with E-state index >= 15 is 0 Å². The van der Waals surface area contributed by atoms with Crippen LogP contribution in [0.1, 0.15) is 22.6 Å². The lowest BCUT2D eigenvalue weighted by Gasteiger charge is -2.07. The number of anilines is 1. The summed E-state index contributed by atoms with van der Waals surface area (Å²) in [5.74, 6) is 0.471. The van der Waals surface area contributed by atoms with Gasteiger partial charge in [-0.25, -0.2) is 4.68 Å². The van der Waals surface area contributed by atoms with Crippen LogP contribution in [0.25, 0.3) is 28.7 Å². The van der Waals surface area contributed by atoms with Crippen molar-refractivity contribution in [3.05, 3.63) is 89.3 Å². The lowest BCUT2D eigenvalue weighted by Crippen LogP contribution is -2.04. The number of furan rings is 1. The monoisotopic (exact) mass is 445 g/mol. The van der Waals surface area contributed by atoms with E-state index in [1.807, 2.05) is 18.2 Å². The molecule has 2 aromatic carbocycles. The van der Waals surface area contributed by atoms with E-state index < -0.39 is 11.7 Å². The molecule has 0 aliphatic rings. The van der Waals surface area contributed by atoms with Crippen LogP contribution in [0.5, 0.6) is 0 Å². The van der Waals surface area contributed by atoms with Gasteiger partial charge in [-0.15, -0.1) is 0 Å². The lowest BCUT2D eigenvalue weighted by molar-refractivity contribution is -0.137. The molecule has 2 N–H and O–H groups in total. The van der Waals surface area contributed by atoms with E-state index in [0.717, 1.165) is 12.1 Å². The van der Waals surface area contributed by atoms with E-state index in [2.05, 4.69) is 5.10 Å². The first-order chi connectivity index (χ1) is 15.8. The molecule has 9 heteroatoms. The van der Waals surface area contributed by atoms with Gasteiger partial charge in [0, 0.05) is 11.6 Å². The predicted octanol–water partition coefficient (Wildman–Crippen LogP) is 5.67. The summed E-state index contributed by atoms with van der Waals surface area (Å²) < 4.78 is 46.0. The standard InChI is InChI=1S/C24H14F3N5O/c25-24(26,27)17-6-4-5-15(11-17)21-10-9-19(33-21)12-16(13-28)22-20(14-29)23(30)32(31-22)18-7-2-1-3-8-18/h1-12H,30H2. The van der Waals surface area contributed by atoms with Gasteiger partial charge in [0.05, 0.1) is 16.8 Å². The van der Waals surface area contributed by atoms with Crippen molar-refractivity contribution in [2.45, 2.75) is 6.18 Å². The smallest absolute Gasteiger partial charge is 0.416 e. The molecule has 0 amide bonds. The number of para-hydroxylation sites is 1. The molecule has 0 aliphatic heterocycles. The van der Waals surface area contributed by atoms with E-state index in [1.54, 1.807) is 24.3 Å². The third-order valence-corrected chi connectivity index (χ3v) is 4.80. The van der Waals surface area contributed by atoms with Crippen LogP contribution in [0.2, 0.25) is 0 Å². The molecule has 162 valence electrons. The van der Waals surface area contributed by atoms with Gasteiger partial charge in [0.2, 0.25) is 0 Å². The van der Waals surface area contributed by atoms with Crippen LogP contribution >= 0.6 is 0 Å². The molecule has 4 aromatic rings. The van der Waals surface area contributed by atoms with Crippen LogP contribution in [-0.2, 0) is 6.18 Å². The maximum absolute atomic E-state index is 13.0.